The fourth-order valence-electron chi connectivity index (χ4n) is 1.91. The van der Waals surface area contributed by atoms with Crippen LogP contribution in [0.3, 0.4) is 0 Å². The molecule has 20 heavy (non-hydrogen) atoms. The lowest BCUT2D eigenvalue weighted by atomic mass is 10.2. The summed E-state index contributed by atoms with van der Waals surface area (Å²) < 4.78 is 4.65. The van der Waals surface area contributed by atoms with Crippen molar-refractivity contribution in [2.45, 2.75) is 19.4 Å². The van der Waals surface area contributed by atoms with Gasteiger partial charge in [0.2, 0.25) is 5.91 Å². The highest BCUT2D eigenvalue weighted by Gasteiger charge is 2.39. The largest absolute Gasteiger partial charge is 0.449 e. The van der Waals surface area contributed by atoms with E-state index in [1.165, 1.54) is 0 Å². The summed E-state index contributed by atoms with van der Waals surface area (Å²) in [6, 6.07) is 7.86. The first-order valence-electron chi connectivity index (χ1n) is 6.23. The molecule has 0 radical (unpaired) electrons. The minimum Gasteiger partial charge on any atom is -0.449 e. The summed E-state index contributed by atoms with van der Waals surface area (Å²) >= 11 is 0. The van der Waals surface area contributed by atoms with Crippen molar-refractivity contribution < 1.29 is 19.1 Å². The van der Waals surface area contributed by atoms with E-state index in [4.69, 9.17) is 0 Å². The van der Waals surface area contributed by atoms with E-state index in [2.05, 4.69) is 15.6 Å². The van der Waals surface area contributed by atoms with Crippen molar-refractivity contribution >= 4 is 23.6 Å². The Morgan fingerprint density at radius 3 is 2.70 bits per heavy atom. The van der Waals surface area contributed by atoms with Crippen LogP contribution >= 0.6 is 0 Å². The van der Waals surface area contributed by atoms with Gasteiger partial charge >= 0.3 is 6.09 Å². The van der Waals surface area contributed by atoms with Gasteiger partial charge in [0.25, 0.3) is 5.91 Å². The number of carbonyl (C=O) groups is 3. The molecule has 0 saturated carbocycles. The highest BCUT2D eigenvalue weighted by Crippen LogP contribution is 2.21. The van der Waals surface area contributed by atoms with Crippen molar-refractivity contribution in [2.24, 2.45) is 0 Å². The van der Waals surface area contributed by atoms with E-state index in [-0.39, 0.29) is 18.9 Å². The van der Waals surface area contributed by atoms with Crippen LogP contribution in [-0.2, 0) is 14.3 Å². The van der Waals surface area contributed by atoms with Crippen molar-refractivity contribution in [1.29, 1.82) is 0 Å². The molecule has 1 aliphatic rings. The molecule has 2 rings (SSSR count). The Labute approximate surface area is 115 Å². The van der Waals surface area contributed by atoms with Crippen molar-refractivity contribution in [3.63, 3.8) is 0 Å². The zero-order valence-corrected chi connectivity index (χ0v) is 11.0. The Bertz CT molecular complexity index is 518. The molecule has 1 aromatic rings. The molecule has 106 valence electrons. The Hall–Kier alpha value is -2.41. The average Bonchev–Trinajstić information content (AvgIpc) is 2.72. The summed E-state index contributed by atoms with van der Waals surface area (Å²) in [7, 11) is 0. The Morgan fingerprint density at radius 2 is 2.05 bits per heavy atom. The van der Waals surface area contributed by atoms with Gasteiger partial charge in [0.15, 0.2) is 0 Å². The fourth-order valence-corrected chi connectivity index (χ4v) is 1.91. The summed E-state index contributed by atoms with van der Waals surface area (Å²) in [6.07, 6.45) is -0.703. The quantitative estimate of drug-likeness (QED) is 0.620. The Morgan fingerprint density at radius 1 is 1.35 bits per heavy atom. The van der Waals surface area contributed by atoms with Gasteiger partial charge in [-0.15, -0.1) is 0 Å². The molecule has 0 aromatic heterocycles. The van der Waals surface area contributed by atoms with E-state index in [1.807, 2.05) is 0 Å². The van der Waals surface area contributed by atoms with Gasteiger partial charge in [-0.05, 0) is 19.1 Å². The van der Waals surface area contributed by atoms with Gasteiger partial charge in [-0.2, -0.15) is 0 Å². The van der Waals surface area contributed by atoms with Gasteiger partial charge in [-0.3, -0.25) is 15.0 Å². The number of carbonyl (C=O) groups excluding carboxylic acids is 3. The number of anilines is 1. The normalized spacial score (nSPS) is 18.2. The lowest BCUT2D eigenvalue weighted by molar-refractivity contribution is -0.121. The highest BCUT2D eigenvalue weighted by atomic mass is 16.5. The molecule has 7 nitrogen and oxygen atoms in total. The maximum atomic E-state index is 12.1. The van der Waals surface area contributed by atoms with Crippen LogP contribution in [0.25, 0.3) is 0 Å². The highest BCUT2D eigenvalue weighted by molar-refractivity contribution is 6.22. The van der Waals surface area contributed by atoms with Crippen molar-refractivity contribution in [3.8, 4) is 0 Å². The van der Waals surface area contributed by atoms with Crippen molar-refractivity contribution in [2.75, 3.05) is 11.5 Å². The molecule has 0 spiro atoms. The van der Waals surface area contributed by atoms with E-state index in [0.29, 0.717) is 5.69 Å². The zero-order valence-electron chi connectivity index (χ0n) is 11.0. The predicted octanol–water partition coefficient (Wildman–Crippen LogP) is 0.569. The molecule has 1 heterocycles. The number of nitrogens with zero attached hydrogens (tertiary/aromatic N) is 1. The molecule has 0 unspecified atom stereocenters. The van der Waals surface area contributed by atoms with Crippen molar-refractivity contribution in [1.82, 2.24) is 10.9 Å². The molecule has 1 fully saturated rings. The predicted molar refractivity (Wildman–Crippen MR) is 70.6 cm³/mol. The molecule has 0 aliphatic carbocycles. The van der Waals surface area contributed by atoms with Gasteiger partial charge < -0.3 is 4.74 Å². The summed E-state index contributed by atoms with van der Waals surface area (Å²) in [5, 5.41) is 0. The number of rotatable bonds is 4. The third kappa shape index (κ3) is 2.94. The minimum absolute atomic E-state index is 0.0138. The zero-order chi connectivity index (χ0) is 14.5. The molecular formula is C13H15N3O4. The number of hydrogen-bond acceptors (Lipinski definition) is 5. The lowest BCUT2D eigenvalue weighted by Crippen LogP contribution is -2.48. The first-order chi connectivity index (χ1) is 9.63. The number of benzene rings is 1. The first kappa shape index (κ1) is 14.0. The molecule has 1 aliphatic heterocycles. The van der Waals surface area contributed by atoms with Gasteiger partial charge in [-0.25, -0.2) is 15.1 Å². The van der Waals surface area contributed by atoms with Crippen LogP contribution in [-0.4, -0.2) is 30.6 Å². The first-order valence-corrected chi connectivity index (χ1v) is 6.23. The summed E-state index contributed by atoms with van der Waals surface area (Å²) in [6.45, 7) is 1.89. The second-order valence-corrected chi connectivity index (χ2v) is 4.15. The average molecular weight is 277 g/mol. The topological polar surface area (TPSA) is 87.7 Å². The molecule has 1 atom stereocenters. The molecule has 2 N–H and O–H groups in total. The Balaban J connectivity index is 2.00. The number of hydrogen-bond donors (Lipinski definition) is 2. The van der Waals surface area contributed by atoms with Gasteiger partial charge in [0.05, 0.1) is 18.7 Å². The number of hydrazine groups is 1. The molecule has 7 heteroatoms. The van der Waals surface area contributed by atoms with Crippen LogP contribution in [0.4, 0.5) is 10.5 Å². The summed E-state index contributed by atoms with van der Waals surface area (Å²) in [5.41, 5.74) is 5.26. The summed E-state index contributed by atoms with van der Waals surface area (Å²) in [5.74, 6) is -0.720. The molecular weight excluding hydrogens is 262 g/mol. The van der Waals surface area contributed by atoms with Crippen LogP contribution in [0, 0.1) is 0 Å². The Kier molecular flexibility index (Phi) is 4.31. The van der Waals surface area contributed by atoms with Gasteiger partial charge in [-0.1, -0.05) is 18.2 Å². The van der Waals surface area contributed by atoms with Gasteiger partial charge in [0, 0.05) is 0 Å². The smallest absolute Gasteiger partial charge is 0.421 e. The maximum absolute atomic E-state index is 12.1. The SMILES string of the molecule is CCOC(=O)NN[C@@H]1CC(=O)N(c2ccccc2)C1=O. The van der Waals surface area contributed by atoms with Crippen LogP contribution in [0.1, 0.15) is 13.3 Å². The molecule has 1 saturated heterocycles. The third-order valence-corrected chi connectivity index (χ3v) is 2.78. The number of amides is 3. The van der Waals surface area contributed by atoms with E-state index in [9.17, 15) is 14.4 Å². The second kappa shape index (κ2) is 6.16. The fraction of sp³-hybridized carbons (Fsp3) is 0.308. The van der Waals surface area contributed by atoms with Crippen LogP contribution in [0.5, 0.6) is 0 Å². The number of nitrogens with one attached hydrogen (secondary N) is 2. The van der Waals surface area contributed by atoms with E-state index < -0.39 is 18.0 Å². The number of para-hydroxylation sites is 1. The van der Waals surface area contributed by atoms with Gasteiger partial charge in [0.1, 0.15) is 6.04 Å². The lowest BCUT2D eigenvalue weighted by Gasteiger charge is -2.15. The van der Waals surface area contributed by atoms with Crippen LogP contribution in [0.2, 0.25) is 0 Å². The third-order valence-electron chi connectivity index (χ3n) is 2.78. The maximum Gasteiger partial charge on any atom is 0.421 e. The van der Waals surface area contributed by atoms with E-state index >= 15 is 0 Å². The van der Waals surface area contributed by atoms with Crippen LogP contribution < -0.4 is 15.8 Å². The second-order valence-electron chi connectivity index (χ2n) is 4.15. The van der Waals surface area contributed by atoms with E-state index in [0.717, 1.165) is 4.90 Å². The standard InChI is InChI=1S/C13H15N3O4/c1-2-20-13(19)15-14-10-8-11(17)16(12(10)18)9-6-4-3-5-7-9/h3-7,10,14H,2,8H2,1H3,(H,15,19)/t10-/m1/s1. The minimum atomic E-state index is -0.785. The molecule has 3 amide bonds. The number of ether oxygens (including phenoxy) is 1. The molecule has 1 aromatic carbocycles. The molecule has 0 bridgehead atoms. The van der Waals surface area contributed by atoms with E-state index in [1.54, 1.807) is 37.3 Å². The van der Waals surface area contributed by atoms with Crippen molar-refractivity contribution in [3.05, 3.63) is 30.3 Å². The monoisotopic (exact) mass is 277 g/mol. The number of imide groups is 1. The summed E-state index contributed by atoms with van der Waals surface area (Å²) in [4.78, 5) is 36.3. The van der Waals surface area contributed by atoms with Crippen LogP contribution in [0.15, 0.2) is 30.3 Å².